The van der Waals surface area contributed by atoms with Crippen LogP contribution in [-0.4, -0.2) is 25.7 Å². The second kappa shape index (κ2) is 7.45. The molecule has 0 bridgehead atoms. The van der Waals surface area contributed by atoms with Gasteiger partial charge in [-0.2, -0.15) is 5.10 Å². The average Bonchev–Trinajstić information content (AvgIpc) is 3.34. The molecule has 6 nitrogen and oxygen atoms in total. The molecule has 0 aliphatic heterocycles. The van der Waals surface area contributed by atoms with Crippen LogP contribution in [0.1, 0.15) is 30.8 Å². The van der Waals surface area contributed by atoms with E-state index in [0.717, 1.165) is 28.1 Å². The van der Waals surface area contributed by atoms with Gasteiger partial charge < -0.3 is 10.3 Å². The second-order valence-electron chi connectivity index (χ2n) is 6.56. The highest BCUT2D eigenvalue weighted by Crippen LogP contribution is 2.16. The molecule has 1 atom stereocenters. The number of carbonyl (C=O) groups excluding carboxylic acids is 1. The first kappa shape index (κ1) is 17.0. The molecule has 27 heavy (non-hydrogen) atoms. The van der Waals surface area contributed by atoms with E-state index >= 15 is 0 Å². The largest absolute Gasteiger partial charge is 0.346 e. The van der Waals surface area contributed by atoms with E-state index in [1.165, 1.54) is 0 Å². The quantitative estimate of drug-likeness (QED) is 0.553. The molecule has 0 fully saturated rings. The first-order valence-electron chi connectivity index (χ1n) is 9.02. The van der Waals surface area contributed by atoms with Crippen molar-refractivity contribution >= 4 is 16.9 Å². The molecule has 0 aliphatic rings. The van der Waals surface area contributed by atoms with Gasteiger partial charge in [-0.15, -0.1) is 0 Å². The molecule has 1 unspecified atom stereocenters. The van der Waals surface area contributed by atoms with Gasteiger partial charge in [0.1, 0.15) is 5.82 Å². The molecular formula is C21H21N5O. The number of hydrogen-bond donors (Lipinski definition) is 2. The number of nitrogens with one attached hydrogen (secondary N) is 2. The van der Waals surface area contributed by atoms with Gasteiger partial charge in [-0.25, -0.2) is 9.67 Å². The summed E-state index contributed by atoms with van der Waals surface area (Å²) in [6, 6.07) is 17.6. The third kappa shape index (κ3) is 3.89. The molecule has 0 saturated heterocycles. The van der Waals surface area contributed by atoms with Crippen molar-refractivity contribution in [1.82, 2.24) is 25.1 Å². The van der Waals surface area contributed by atoms with E-state index in [1.54, 1.807) is 0 Å². The van der Waals surface area contributed by atoms with Gasteiger partial charge in [-0.1, -0.05) is 30.3 Å². The van der Waals surface area contributed by atoms with Crippen molar-refractivity contribution in [2.45, 2.75) is 25.8 Å². The van der Waals surface area contributed by atoms with E-state index in [0.29, 0.717) is 12.8 Å². The molecule has 6 heteroatoms. The third-order valence-electron chi connectivity index (χ3n) is 4.49. The van der Waals surface area contributed by atoms with Crippen molar-refractivity contribution in [3.8, 4) is 5.69 Å². The molecule has 1 amide bonds. The molecule has 2 aromatic carbocycles. The maximum Gasteiger partial charge on any atom is 0.220 e. The fraction of sp³-hybridized carbons (Fsp3) is 0.190. The number of fused-ring (bicyclic) bond motifs is 1. The lowest BCUT2D eigenvalue weighted by atomic mass is 10.2. The van der Waals surface area contributed by atoms with Crippen molar-refractivity contribution in [2.75, 3.05) is 0 Å². The zero-order valence-corrected chi connectivity index (χ0v) is 15.1. The number of benzene rings is 2. The Balaban J connectivity index is 1.33. The predicted octanol–water partition coefficient (Wildman–Crippen LogP) is 3.56. The lowest BCUT2D eigenvalue weighted by Crippen LogP contribution is -2.27. The summed E-state index contributed by atoms with van der Waals surface area (Å²) in [6.45, 7) is 1.93. The van der Waals surface area contributed by atoms with Crippen LogP contribution in [0.4, 0.5) is 0 Å². The van der Waals surface area contributed by atoms with Crippen LogP contribution in [0.5, 0.6) is 0 Å². The van der Waals surface area contributed by atoms with Crippen LogP contribution in [0.2, 0.25) is 0 Å². The van der Waals surface area contributed by atoms with Gasteiger partial charge in [0.05, 0.1) is 29.0 Å². The summed E-state index contributed by atoms with van der Waals surface area (Å²) in [5.74, 6) is 0.761. The fourth-order valence-electron chi connectivity index (χ4n) is 3.03. The minimum atomic E-state index is -0.169. The number of H-pyrrole nitrogens is 1. The van der Waals surface area contributed by atoms with E-state index < -0.39 is 0 Å². The lowest BCUT2D eigenvalue weighted by Gasteiger charge is -2.11. The van der Waals surface area contributed by atoms with Crippen LogP contribution in [0.25, 0.3) is 16.7 Å². The second-order valence-corrected chi connectivity index (χ2v) is 6.56. The highest BCUT2D eigenvalue weighted by molar-refractivity contribution is 5.77. The summed E-state index contributed by atoms with van der Waals surface area (Å²) in [6.07, 6.45) is 4.82. The third-order valence-corrected chi connectivity index (χ3v) is 4.49. The van der Waals surface area contributed by atoms with E-state index in [-0.39, 0.29) is 11.9 Å². The molecule has 0 saturated carbocycles. The summed E-state index contributed by atoms with van der Waals surface area (Å²) in [5.41, 5.74) is 3.92. The fourth-order valence-corrected chi connectivity index (χ4v) is 3.03. The van der Waals surface area contributed by atoms with Crippen molar-refractivity contribution in [1.29, 1.82) is 0 Å². The van der Waals surface area contributed by atoms with E-state index in [2.05, 4.69) is 20.4 Å². The maximum absolute atomic E-state index is 12.3. The molecule has 0 radical (unpaired) electrons. The molecule has 4 rings (SSSR count). The van der Waals surface area contributed by atoms with Gasteiger partial charge in [0, 0.05) is 12.6 Å². The Hall–Kier alpha value is -3.41. The number of hydrogen-bond acceptors (Lipinski definition) is 3. The minimum absolute atomic E-state index is 0.00424. The average molecular weight is 359 g/mol. The van der Waals surface area contributed by atoms with Crippen LogP contribution >= 0.6 is 0 Å². The van der Waals surface area contributed by atoms with Crippen LogP contribution in [0, 0.1) is 0 Å². The topological polar surface area (TPSA) is 75.6 Å². The molecule has 2 aromatic heterocycles. The smallest absolute Gasteiger partial charge is 0.220 e. The minimum Gasteiger partial charge on any atom is -0.346 e. The number of aromatic nitrogens is 4. The van der Waals surface area contributed by atoms with Gasteiger partial charge in [0.25, 0.3) is 0 Å². The summed E-state index contributed by atoms with van der Waals surface area (Å²) >= 11 is 0. The zero-order chi connectivity index (χ0) is 18.6. The van der Waals surface area contributed by atoms with E-state index in [4.69, 9.17) is 0 Å². The highest BCUT2D eigenvalue weighted by atomic mass is 16.1. The maximum atomic E-state index is 12.3. The van der Waals surface area contributed by atoms with Gasteiger partial charge >= 0.3 is 0 Å². The monoisotopic (exact) mass is 359 g/mol. The Bertz CT molecular complexity index is 1020. The van der Waals surface area contributed by atoms with Crippen molar-refractivity contribution in [3.63, 3.8) is 0 Å². The number of aryl methyl sites for hydroxylation is 1. The lowest BCUT2D eigenvalue weighted by molar-refractivity contribution is -0.121. The first-order valence-corrected chi connectivity index (χ1v) is 9.02. The van der Waals surface area contributed by atoms with Crippen LogP contribution < -0.4 is 5.32 Å². The van der Waals surface area contributed by atoms with Gasteiger partial charge in [0.15, 0.2) is 0 Å². The SMILES string of the molecule is CC(NC(=O)CCc1cnn(-c2ccccc2)c1)c1nc2ccccc2[nH]1. The molecule has 2 heterocycles. The number of carbonyl (C=O) groups is 1. The molecular weight excluding hydrogens is 338 g/mol. The Morgan fingerprint density at radius 1 is 1.15 bits per heavy atom. The van der Waals surface area contributed by atoms with Crippen LogP contribution in [0.3, 0.4) is 0 Å². The van der Waals surface area contributed by atoms with Crippen molar-refractivity contribution < 1.29 is 4.79 Å². The van der Waals surface area contributed by atoms with Crippen molar-refractivity contribution in [2.24, 2.45) is 0 Å². The van der Waals surface area contributed by atoms with E-state index in [1.807, 2.05) is 78.6 Å². The van der Waals surface area contributed by atoms with Gasteiger partial charge in [0.2, 0.25) is 5.91 Å². The summed E-state index contributed by atoms with van der Waals surface area (Å²) < 4.78 is 1.82. The summed E-state index contributed by atoms with van der Waals surface area (Å²) in [7, 11) is 0. The number of amides is 1. The first-order chi connectivity index (χ1) is 13.2. The van der Waals surface area contributed by atoms with Crippen LogP contribution in [0.15, 0.2) is 67.0 Å². The van der Waals surface area contributed by atoms with Crippen molar-refractivity contribution in [3.05, 3.63) is 78.4 Å². The number of aromatic amines is 1. The number of para-hydroxylation sites is 3. The molecule has 136 valence electrons. The van der Waals surface area contributed by atoms with Gasteiger partial charge in [-0.3, -0.25) is 4.79 Å². The molecule has 4 aromatic rings. The Morgan fingerprint density at radius 2 is 1.93 bits per heavy atom. The Labute approximate surface area is 157 Å². The predicted molar refractivity (Wildman–Crippen MR) is 105 cm³/mol. The Morgan fingerprint density at radius 3 is 2.74 bits per heavy atom. The molecule has 0 aliphatic carbocycles. The standard InChI is InChI=1S/C21H21N5O/c1-15(21-24-18-9-5-6-10-19(18)25-21)23-20(27)12-11-16-13-22-26(14-16)17-7-3-2-4-8-17/h2-10,13-15H,11-12H2,1H3,(H,23,27)(H,24,25). The number of nitrogens with zero attached hydrogens (tertiary/aromatic N) is 3. The number of imidazole rings is 1. The summed E-state index contributed by atoms with van der Waals surface area (Å²) in [4.78, 5) is 20.1. The van der Waals surface area contributed by atoms with Crippen LogP contribution in [-0.2, 0) is 11.2 Å². The number of rotatable bonds is 6. The summed E-state index contributed by atoms with van der Waals surface area (Å²) in [5, 5.41) is 7.37. The van der Waals surface area contributed by atoms with Gasteiger partial charge in [-0.05, 0) is 43.2 Å². The van der Waals surface area contributed by atoms with E-state index in [9.17, 15) is 4.79 Å². The highest BCUT2D eigenvalue weighted by Gasteiger charge is 2.14. The molecule has 0 spiro atoms. The Kier molecular flexibility index (Phi) is 4.70. The molecule has 2 N–H and O–H groups in total. The normalized spacial score (nSPS) is 12.2. The zero-order valence-electron chi connectivity index (χ0n) is 15.1.